The molecule has 0 amide bonds. The summed E-state index contributed by atoms with van der Waals surface area (Å²) in [4.78, 5) is 5.68. The van der Waals surface area contributed by atoms with Crippen molar-refractivity contribution >= 4 is 44.6 Å². The van der Waals surface area contributed by atoms with E-state index in [1.807, 2.05) is 0 Å². The lowest BCUT2D eigenvalue weighted by atomic mass is 9.61. The highest BCUT2D eigenvalue weighted by Gasteiger charge is 2.60. The molecule has 0 N–H and O–H groups in total. The van der Waals surface area contributed by atoms with Crippen LogP contribution in [0.2, 0.25) is 0 Å². The van der Waals surface area contributed by atoms with Gasteiger partial charge in [0.2, 0.25) is 0 Å². The van der Waals surface area contributed by atoms with Crippen molar-refractivity contribution in [2.24, 2.45) is 0 Å². The molecular formula is C62H79N3. The number of benzene rings is 5. The summed E-state index contributed by atoms with van der Waals surface area (Å²) < 4.78 is 2.63. The molecule has 6 aromatic rings. The second kappa shape index (κ2) is 14.0. The van der Waals surface area contributed by atoms with Gasteiger partial charge in [0.15, 0.2) is 0 Å². The number of hydrogen-bond acceptors (Lipinski definition) is 2. The largest absolute Gasteiger partial charge is 0.334 e. The predicted molar refractivity (Wildman–Crippen MR) is 281 cm³/mol. The Morgan fingerprint density at radius 3 is 1.06 bits per heavy atom. The maximum atomic E-state index is 2.84. The highest BCUT2D eigenvalue weighted by atomic mass is 15.3. The van der Waals surface area contributed by atoms with Gasteiger partial charge in [0.25, 0.3) is 0 Å². The fourth-order valence-electron chi connectivity index (χ4n) is 13.4. The standard InChI is InChI=1S/C62H79N3/c1-55(2,3)40-21-25-51-47(33-40)48-34-41(56(4,5)6)22-26-52(48)63(51)44-37-45(64-53-27-23-42(57(7,8)9)35-49(53)59(13)29-17-19-31-61(59,64)15)39-46(38-44)65-54-28-24-43(58(10,11)12)36-50(54)60(14)30-18-20-32-62(60,65)16/h21-28,33-39H,17-20,29-32H2,1-16H3. The summed E-state index contributed by atoms with van der Waals surface area (Å²) in [6, 6.07) is 37.5. The normalized spacial score (nSPS) is 25.8. The second-order valence-electron chi connectivity index (χ2n) is 26.3. The van der Waals surface area contributed by atoms with Crippen LogP contribution in [0, 0.1) is 0 Å². The molecule has 2 aliphatic heterocycles. The van der Waals surface area contributed by atoms with E-state index in [0.717, 1.165) is 0 Å². The van der Waals surface area contributed by atoms with Crippen LogP contribution in [0.5, 0.6) is 0 Å². The summed E-state index contributed by atoms with van der Waals surface area (Å²) in [6.45, 7) is 38.7. The zero-order valence-electron chi connectivity index (χ0n) is 43.2. The summed E-state index contributed by atoms with van der Waals surface area (Å²) in [6.07, 6.45) is 9.80. The van der Waals surface area contributed by atoms with Crippen molar-refractivity contribution in [2.45, 2.75) is 206 Å². The van der Waals surface area contributed by atoms with E-state index in [2.05, 4.69) is 216 Å². The molecule has 0 spiro atoms. The van der Waals surface area contributed by atoms with Gasteiger partial charge < -0.3 is 14.4 Å². The lowest BCUT2D eigenvalue weighted by molar-refractivity contribution is 0.194. The Bertz CT molecular complexity index is 2710. The van der Waals surface area contributed by atoms with Gasteiger partial charge in [0, 0.05) is 44.4 Å². The van der Waals surface area contributed by atoms with Crippen LogP contribution in [0.15, 0.2) is 91.0 Å². The molecule has 2 saturated carbocycles. The number of hydrogen-bond donors (Lipinski definition) is 0. The Labute approximate surface area is 393 Å². The minimum absolute atomic E-state index is 0.0229. The Balaban J connectivity index is 1.30. The van der Waals surface area contributed by atoms with Crippen molar-refractivity contribution in [2.75, 3.05) is 9.80 Å². The molecule has 4 atom stereocenters. The van der Waals surface area contributed by atoms with Crippen molar-refractivity contribution in [3.05, 3.63) is 124 Å². The molecule has 5 aromatic carbocycles. The van der Waals surface area contributed by atoms with E-state index < -0.39 is 0 Å². The summed E-state index contributed by atoms with van der Waals surface area (Å²) in [5, 5.41) is 2.68. The van der Waals surface area contributed by atoms with Crippen LogP contribution in [0.4, 0.5) is 22.7 Å². The number of anilines is 4. The molecule has 4 unspecified atom stereocenters. The van der Waals surface area contributed by atoms with Crippen LogP contribution >= 0.6 is 0 Å². The molecule has 65 heavy (non-hydrogen) atoms. The first kappa shape index (κ1) is 44.3. The van der Waals surface area contributed by atoms with Crippen molar-refractivity contribution in [1.29, 1.82) is 0 Å². The number of nitrogens with zero attached hydrogens (tertiary/aromatic N) is 3. The highest BCUT2D eigenvalue weighted by molar-refractivity contribution is 6.10. The van der Waals surface area contributed by atoms with E-state index in [4.69, 9.17) is 0 Å². The molecule has 0 bridgehead atoms. The van der Waals surface area contributed by atoms with Crippen LogP contribution < -0.4 is 9.80 Å². The fourth-order valence-corrected chi connectivity index (χ4v) is 13.4. The monoisotopic (exact) mass is 866 g/mol. The third-order valence-electron chi connectivity index (χ3n) is 18.1. The van der Waals surface area contributed by atoms with Crippen molar-refractivity contribution in [3.8, 4) is 5.69 Å². The van der Waals surface area contributed by atoms with E-state index in [1.165, 1.54) is 135 Å². The van der Waals surface area contributed by atoms with Gasteiger partial charge in [-0.05, 0) is 149 Å². The van der Waals surface area contributed by atoms with E-state index in [9.17, 15) is 0 Å². The van der Waals surface area contributed by atoms with Gasteiger partial charge >= 0.3 is 0 Å². The molecule has 2 aliphatic carbocycles. The van der Waals surface area contributed by atoms with Crippen molar-refractivity contribution in [3.63, 3.8) is 0 Å². The van der Waals surface area contributed by atoms with E-state index in [0.29, 0.717) is 0 Å². The Morgan fingerprint density at radius 2 is 0.692 bits per heavy atom. The number of rotatable bonds is 3. The summed E-state index contributed by atoms with van der Waals surface area (Å²) in [5.74, 6) is 0. The van der Waals surface area contributed by atoms with Crippen LogP contribution in [-0.2, 0) is 32.5 Å². The van der Waals surface area contributed by atoms with Crippen LogP contribution in [0.1, 0.15) is 196 Å². The minimum atomic E-state index is -0.0855. The predicted octanol–water partition coefficient (Wildman–Crippen LogP) is 17.5. The number of aromatic nitrogens is 1. The molecule has 342 valence electrons. The molecule has 2 fully saturated rings. The first-order valence-electron chi connectivity index (χ1n) is 25.4. The molecule has 4 aliphatic rings. The molecule has 3 heterocycles. The first-order valence-corrected chi connectivity index (χ1v) is 25.4. The molecule has 1 aromatic heterocycles. The third kappa shape index (κ3) is 6.39. The summed E-state index contributed by atoms with van der Waals surface area (Å²) in [5.41, 5.74) is 18.0. The topological polar surface area (TPSA) is 11.4 Å². The number of fused-ring (bicyclic) bond motifs is 9. The van der Waals surface area contributed by atoms with Gasteiger partial charge in [-0.15, -0.1) is 0 Å². The fraction of sp³-hybridized carbons (Fsp3) is 0.516. The second-order valence-corrected chi connectivity index (χ2v) is 26.3. The van der Waals surface area contributed by atoms with Crippen LogP contribution in [-0.4, -0.2) is 15.6 Å². The van der Waals surface area contributed by atoms with Crippen LogP contribution in [0.25, 0.3) is 27.5 Å². The van der Waals surface area contributed by atoms with E-state index >= 15 is 0 Å². The van der Waals surface area contributed by atoms with Gasteiger partial charge in [-0.2, -0.15) is 0 Å². The zero-order chi connectivity index (χ0) is 46.7. The summed E-state index contributed by atoms with van der Waals surface area (Å²) >= 11 is 0. The quantitative estimate of drug-likeness (QED) is 0.176. The van der Waals surface area contributed by atoms with Crippen LogP contribution in [0.3, 0.4) is 0 Å². The zero-order valence-corrected chi connectivity index (χ0v) is 43.2. The average molecular weight is 866 g/mol. The molecule has 3 nitrogen and oxygen atoms in total. The van der Waals surface area contributed by atoms with E-state index in [-0.39, 0.29) is 43.6 Å². The van der Waals surface area contributed by atoms with Gasteiger partial charge in [-0.1, -0.05) is 159 Å². The van der Waals surface area contributed by atoms with Gasteiger partial charge in [-0.3, -0.25) is 0 Å². The van der Waals surface area contributed by atoms with Gasteiger partial charge in [0.1, 0.15) is 0 Å². The maximum absolute atomic E-state index is 2.84. The smallest absolute Gasteiger partial charge is 0.0541 e. The molecule has 3 heteroatoms. The third-order valence-corrected chi connectivity index (χ3v) is 18.1. The SMILES string of the molecule is CC(C)(C)c1ccc2c(c1)C1(C)CCCCC1(C)N2c1cc(N2c3ccc(C(C)(C)C)cc3C3(C)CCCCC23C)cc(-n2c3ccc(C(C)(C)C)cc3c3cc(C(C)(C)C)ccc32)c1. The molecule has 10 rings (SSSR count). The van der Waals surface area contributed by atoms with Gasteiger partial charge in [-0.25, -0.2) is 0 Å². The molecular weight excluding hydrogens is 787 g/mol. The molecule has 0 radical (unpaired) electrons. The lowest BCUT2D eigenvalue weighted by Crippen LogP contribution is -2.55. The Kier molecular flexibility index (Phi) is 9.57. The lowest BCUT2D eigenvalue weighted by Gasteiger charge is -2.51. The Morgan fingerprint density at radius 1 is 0.369 bits per heavy atom. The average Bonchev–Trinajstić information content (AvgIpc) is 3.74. The van der Waals surface area contributed by atoms with Crippen molar-refractivity contribution in [1.82, 2.24) is 4.57 Å². The first-order chi connectivity index (χ1) is 30.2. The highest BCUT2D eigenvalue weighted by Crippen LogP contribution is 2.64. The summed E-state index contributed by atoms with van der Waals surface area (Å²) in [7, 11) is 0. The maximum Gasteiger partial charge on any atom is 0.0541 e. The van der Waals surface area contributed by atoms with E-state index in [1.54, 1.807) is 0 Å². The minimum Gasteiger partial charge on any atom is -0.334 e. The molecule has 0 saturated heterocycles. The van der Waals surface area contributed by atoms with Gasteiger partial charge in [0.05, 0.1) is 27.8 Å². The Hall–Kier alpha value is -4.50. The van der Waals surface area contributed by atoms with Crippen molar-refractivity contribution < 1.29 is 0 Å².